The molecule has 1 rings (SSSR count). The number of sulfone groups is 1. The van der Waals surface area contributed by atoms with Gasteiger partial charge in [0.1, 0.15) is 0 Å². The number of nitrogens with zero attached hydrogens (tertiary/aromatic N) is 1. The summed E-state index contributed by atoms with van der Waals surface area (Å²) in [7, 11) is -1.13. The van der Waals surface area contributed by atoms with Gasteiger partial charge in [-0.2, -0.15) is 0 Å². The standard InChI is InChI=1S/C14H24N2O2S/c1-4-12-19(17,18)14-9-7-6-8-13(14)15-10-11-16(3)5-2/h6-9,15H,4-5,10-12H2,1-3H3. The van der Waals surface area contributed by atoms with Crippen molar-refractivity contribution in [1.29, 1.82) is 0 Å². The second-order valence-corrected chi connectivity index (χ2v) is 6.72. The van der Waals surface area contributed by atoms with Crippen LogP contribution in [0.1, 0.15) is 20.3 Å². The third-order valence-electron chi connectivity index (χ3n) is 3.04. The van der Waals surface area contributed by atoms with E-state index in [9.17, 15) is 8.42 Å². The molecule has 0 aromatic heterocycles. The van der Waals surface area contributed by atoms with Gasteiger partial charge in [-0.1, -0.05) is 26.0 Å². The molecule has 0 saturated carbocycles. The molecule has 0 aliphatic carbocycles. The van der Waals surface area contributed by atoms with Gasteiger partial charge in [0.25, 0.3) is 0 Å². The fourth-order valence-corrected chi connectivity index (χ4v) is 3.32. The molecule has 108 valence electrons. The molecule has 0 fully saturated rings. The number of hydrogen-bond acceptors (Lipinski definition) is 4. The zero-order chi connectivity index (χ0) is 14.3. The topological polar surface area (TPSA) is 49.4 Å². The zero-order valence-corrected chi connectivity index (χ0v) is 12.8. The molecule has 19 heavy (non-hydrogen) atoms. The summed E-state index contributed by atoms with van der Waals surface area (Å²) < 4.78 is 24.3. The molecule has 0 spiro atoms. The van der Waals surface area contributed by atoms with Crippen molar-refractivity contribution in [1.82, 2.24) is 4.90 Å². The van der Waals surface area contributed by atoms with Crippen molar-refractivity contribution in [3.63, 3.8) is 0 Å². The van der Waals surface area contributed by atoms with Gasteiger partial charge >= 0.3 is 0 Å². The predicted octanol–water partition coefficient (Wildman–Crippen LogP) is 2.23. The molecule has 4 nitrogen and oxygen atoms in total. The third kappa shape index (κ3) is 4.84. The van der Waals surface area contributed by atoms with Gasteiger partial charge in [-0.15, -0.1) is 0 Å². The second-order valence-electron chi connectivity index (χ2n) is 4.64. The average Bonchev–Trinajstić information content (AvgIpc) is 2.39. The Hall–Kier alpha value is -1.07. The van der Waals surface area contributed by atoms with Crippen LogP contribution in [0.4, 0.5) is 5.69 Å². The first-order valence-electron chi connectivity index (χ1n) is 6.75. The monoisotopic (exact) mass is 284 g/mol. The quantitative estimate of drug-likeness (QED) is 0.795. The molecule has 0 aliphatic rings. The van der Waals surface area contributed by atoms with Gasteiger partial charge in [-0.05, 0) is 32.1 Å². The number of para-hydroxylation sites is 1. The van der Waals surface area contributed by atoms with E-state index in [1.54, 1.807) is 12.1 Å². The number of anilines is 1. The van der Waals surface area contributed by atoms with Crippen LogP contribution in [-0.2, 0) is 9.84 Å². The lowest BCUT2D eigenvalue weighted by molar-refractivity contribution is 0.367. The lowest BCUT2D eigenvalue weighted by Crippen LogP contribution is -2.25. The SMILES string of the molecule is CCCS(=O)(=O)c1ccccc1NCCN(C)CC. The normalized spacial score (nSPS) is 11.8. The fraction of sp³-hybridized carbons (Fsp3) is 0.571. The Bertz CT molecular complexity index is 486. The van der Waals surface area contributed by atoms with E-state index in [2.05, 4.69) is 17.1 Å². The highest BCUT2D eigenvalue weighted by Crippen LogP contribution is 2.22. The first-order chi connectivity index (χ1) is 9.01. The van der Waals surface area contributed by atoms with Crippen LogP contribution in [0.3, 0.4) is 0 Å². The molecule has 0 radical (unpaired) electrons. The maximum absolute atomic E-state index is 12.2. The van der Waals surface area contributed by atoms with E-state index in [0.29, 0.717) is 17.0 Å². The van der Waals surface area contributed by atoms with E-state index in [0.717, 1.165) is 19.6 Å². The molecule has 0 unspecified atom stereocenters. The zero-order valence-electron chi connectivity index (χ0n) is 12.0. The molecular weight excluding hydrogens is 260 g/mol. The summed E-state index contributed by atoms with van der Waals surface area (Å²) in [4.78, 5) is 2.59. The summed E-state index contributed by atoms with van der Waals surface area (Å²) >= 11 is 0. The largest absolute Gasteiger partial charge is 0.383 e. The molecule has 0 bridgehead atoms. The van der Waals surface area contributed by atoms with Crippen LogP contribution >= 0.6 is 0 Å². The second kappa shape index (κ2) is 7.50. The lowest BCUT2D eigenvalue weighted by Gasteiger charge is -2.16. The lowest BCUT2D eigenvalue weighted by atomic mass is 10.3. The Balaban J connectivity index is 2.79. The van der Waals surface area contributed by atoms with Gasteiger partial charge in [0.15, 0.2) is 9.84 Å². The minimum atomic E-state index is -3.17. The van der Waals surface area contributed by atoms with Crippen LogP contribution in [0.15, 0.2) is 29.2 Å². The highest BCUT2D eigenvalue weighted by atomic mass is 32.2. The van der Waals surface area contributed by atoms with E-state index >= 15 is 0 Å². The molecule has 0 saturated heterocycles. The van der Waals surface area contributed by atoms with Crippen LogP contribution in [0.5, 0.6) is 0 Å². The number of benzene rings is 1. The van der Waals surface area contributed by atoms with Gasteiger partial charge in [-0.25, -0.2) is 8.42 Å². The van der Waals surface area contributed by atoms with Gasteiger partial charge in [-0.3, -0.25) is 0 Å². The molecule has 0 atom stereocenters. The molecule has 1 aromatic rings. The van der Waals surface area contributed by atoms with E-state index in [1.807, 2.05) is 26.1 Å². The average molecular weight is 284 g/mol. The maximum Gasteiger partial charge on any atom is 0.180 e. The number of nitrogens with one attached hydrogen (secondary N) is 1. The first-order valence-corrected chi connectivity index (χ1v) is 8.40. The van der Waals surface area contributed by atoms with Crippen LogP contribution in [-0.4, -0.2) is 45.8 Å². The van der Waals surface area contributed by atoms with Gasteiger partial charge < -0.3 is 10.2 Å². The van der Waals surface area contributed by atoms with E-state index in [-0.39, 0.29) is 5.75 Å². The Morgan fingerprint density at radius 3 is 2.53 bits per heavy atom. The summed E-state index contributed by atoms with van der Waals surface area (Å²) in [5, 5.41) is 3.22. The molecule has 0 aliphatic heterocycles. The first kappa shape index (κ1) is 16.0. The summed E-state index contributed by atoms with van der Waals surface area (Å²) in [6, 6.07) is 7.13. The van der Waals surface area contributed by atoms with Gasteiger partial charge in [0, 0.05) is 13.1 Å². The Morgan fingerprint density at radius 2 is 1.89 bits per heavy atom. The molecule has 0 heterocycles. The van der Waals surface area contributed by atoms with Crippen LogP contribution in [0.25, 0.3) is 0 Å². The molecule has 0 amide bonds. The maximum atomic E-state index is 12.2. The number of hydrogen-bond donors (Lipinski definition) is 1. The highest BCUT2D eigenvalue weighted by Gasteiger charge is 2.16. The Kier molecular flexibility index (Phi) is 6.31. The van der Waals surface area contributed by atoms with Crippen molar-refractivity contribution in [2.75, 3.05) is 37.8 Å². The molecule has 1 N–H and O–H groups in total. The smallest absolute Gasteiger partial charge is 0.180 e. The van der Waals surface area contributed by atoms with Gasteiger partial charge in [0.2, 0.25) is 0 Å². The Labute approximate surface area is 116 Å². The van der Waals surface area contributed by atoms with Crippen molar-refractivity contribution in [2.45, 2.75) is 25.2 Å². The van der Waals surface area contributed by atoms with Crippen LogP contribution in [0.2, 0.25) is 0 Å². The van der Waals surface area contributed by atoms with Crippen molar-refractivity contribution >= 4 is 15.5 Å². The van der Waals surface area contributed by atoms with E-state index in [1.165, 1.54) is 0 Å². The van der Waals surface area contributed by atoms with Gasteiger partial charge in [0.05, 0.1) is 16.3 Å². The van der Waals surface area contributed by atoms with Crippen molar-refractivity contribution in [2.24, 2.45) is 0 Å². The predicted molar refractivity (Wildman–Crippen MR) is 80.4 cm³/mol. The van der Waals surface area contributed by atoms with Crippen molar-refractivity contribution in [3.05, 3.63) is 24.3 Å². The summed E-state index contributed by atoms with van der Waals surface area (Å²) in [6.45, 7) is 6.59. The summed E-state index contributed by atoms with van der Waals surface area (Å²) in [5.74, 6) is 0.195. The number of rotatable bonds is 8. The molecule has 5 heteroatoms. The third-order valence-corrected chi connectivity index (χ3v) is 5.02. The fourth-order valence-electron chi connectivity index (χ4n) is 1.80. The minimum absolute atomic E-state index is 0.195. The number of likely N-dealkylation sites (N-methyl/N-ethyl adjacent to an activating group) is 1. The van der Waals surface area contributed by atoms with E-state index < -0.39 is 9.84 Å². The summed E-state index contributed by atoms with van der Waals surface area (Å²) in [5.41, 5.74) is 0.709. The Morgan fingerprint density at radius 1 is 1.21 bits per heavy atom. The van der Waals surface area contributed by atoms with Crippen molar-refractivity contribution < 1.29 is 8.42 Å². The highest BCUT2D eigenvalue weighted by molar-refractivity contribution is 7.91. The minimum Gasteiger partial charge on any atom is -0.383 e. The van der Waals surface area contributed by atoms with Crippen LogP contribution < -0.4 is 5.32 Å². The van der Waals surface area contributed by atoms with E-state index in [4.69, 9.17) is 0 Å². The summed E-state index contributed by atoms with van der Waals surface area (Å²) in [6.07, 6.45) is 0.634. The van der Waals surface area contributed by atoms with Crippen LogP contribution in [0, 0.1) is 0 Å². The molecular formula is C14H24N2O2S. The van der Waals surface area contributed by atoms with Crippen molar-refractivity contribution in [3.8, 4) is 0 Å². The molecule has 1 aromatic carbocycles.